The molecule has 0 aliphatic carbocycles. The largest absolute Gasteiger partial charge is 0.490 e. The minimum Gasteiger partial charge on any atom is -0.490 e. The van der Waals surface area contributed by atoms with Crippen LogP contribution in [0.2, 0.25) is 0 Å². The molecule has 29 heavy (non-hydrogen) atoms. The molecule has 1 atom stereocenters. The van der Waals surface area contributed by atoms with Crippen molar-refractivity contribution in [2.45, 2.75) is 72.1 Å². The number of aromatic nitrogens is 2. The molecule has 2 rings (SSSR count). The Kier molecular flexibility index (Phi) is 10.9. The van der Waals surface area contributed by atoms with Crippen LogP contribution < -0.4 is 9.47 Å². The number of hydrogen-bond acceptors (Lipinski definition) is 4. The lowest BCUT2D eigenvalue weighted by atomic mass is 10.0. The van der Waals surface area contributed by atoms with Gasteiger partial charge in [0.2, 0.25) is 0 Å². The predicted octanol–water partition coefficient (Wildman–Crippen LogP) is 7.21. The molecule has 0 N–H and O–H groups in total. The van der Waals surface area contributed by atoms with Crippen LogP contribution in [0.15, 0.2) is 49.0 Å². The maximum atomic E-state index is 5.74. The lowest BCUT2D eigenvalue weighted by Gasteiger charge is -2.09. The number of nitrogens with zero attached hydrogens (tertiary/aromatic N) is 2. The maximum Gasteiger partial charge on any atom is 0.159 e. The van der Waals surface area contributed by atoms with Crippen LogP contribution in [0.5, 0.6) is 11.5 Å². The lowest BCUT2D eigenvalue weighted by molar-refractivity contribution is 0.292. The highest BCUT2D eigenvalue weighted by molar-refractivity contribution is 5.56. The molecule has 0 aliphatic heterocycles. The first-order valence-corrected chi connectivity index (χ1v) is 11.1. The van der Waals surface area contributed by atoms with Gasteiger partial charge in [-0.2, -0.15) is 0 Å². The van der Waals surface area contributed by atoms with E-state index in [-0.39, 0.29) is 0 Å². The monoisotopic (exact) mass is 396 g/mol. The summed E-state index contributed by atoms with van der Waals surface area (Å²) < 4.78 is 11.4. The van der Waals surface area contributed by atoms with Crippen LogP contribution in [0.25, 0.3) is 11.4 Å². The molecule has 0 saturated carbocycles. The van der Waals surface area contributed by atoms with Gasteiger partial charge in [-0.1, -0.05) is 46.5 Å². The van der Waals surface area contributed by atoms with Gasteiger partial charge >= 0.3 is 0 Å². The molecule has 1 unspecified atom stereocenters. The molecule has 0 radical (unpaired) electrons. The van der Waals surface area contributed by atoms with Gasteiger partial charge in [0, 0.05) is 5.56 Å². The normalized spacial score (nSPS) is 12.2. The van der Waals surface area contributed by atoms with Crippen molar-refractivity contribution < 1.29 is 9.47 Å². The summed E-state index contributed by atoms with van der Waals surface area (Å²) in [5, 5.41) is 0. The summed E-state index contributed by atoms with van der Waals surface area (Å²) in [7, 11) is 0. The average molecular weight is 397 g/mol. The Morgan fingerprint density at radius 1 is 0.931 bits per heavy atom. The molecule has 158 valence electrons. The van der Waals surface area contributed by atoms with Gasteiger partial charge in [-0.3, -0.25) is 0 Å². The van der Waals surface area contributed by atoms with Gasteiger partial charge in [-0.25, -0.2) is 9.97 Å². The van der Waals surface area contributed by atoms with E-state index in [9.17, 15) is 0 Å². The third-order valence-electron chi connectivity index (χ3n) is 5.07. The SMILES string of the molecule is CCCCCCC=COc1ccc(-c2ncc(OCCCC(C)CC)cn2)cc1. The number of unbranched alkanes of at least 4 members (excludes halogenated alkanes) is 4. The highest BCUT2D eigenvalue weighted by Crippen LogP contribution is 2.21. The van der Waals surface area contributed by atoms with Gasteiger partial charge in [0.1, 0.15) is 5.75 Å². The van der Waals surface area contributed by atoms with Gasteiger partial charge in [0.25, 0.3) is 0 Å². The van der Waals surface area contributed by atoms with Crippen LogP contribution in [-0.4, -0.2) is 16.6 Å². The summed E-state index contributed by atoms with van der Waals surface area (Å²) >= 11 is 0. The average Bonchev–Trinajstić information content (AvgIpc) is 2.77. The van der Waals surface area contributed by atoms with E-state index >= 15 is 0 Å². The van der Waals surface area contributed by atoms with Crippen LogP contribution in [-0.2, 0) is 0 Å². The molecule has 4 nitrogen and oxygen atoms in total. The van der Waals surface area contributed by atoms with E-state index in [0.29, 0.717) is 12.4 Å². The summed E-state index contributed by atoms with van der Waals surface area (Å²) in [5.41, 5.74) is 0.962. The molecule has 0 bridgehead atoms. The van der Waals surface area contributed by atoms with Gasteiger partial charge in [-0.05, 0) is 61.9 Å². The zero-order valence-electron chi connectivity index (χ0n) is 18.3. The summed E-state index contributed by atoms with van der Waals surface area (Å²) in [6, 6.07) is 7.84. The third kappa shape index (κ3) is 9.12. The van der Waals surface area contributed by atoms with Crippen molar-refractivity contribution in [3.05, 3.63) is 49.0 Å². The van der Waals surface area contributed by atoms with Crippen molar-refractivity contribution in [2.24, 2.45) is 5.92 Å². The zero-order valence-corrected chi connectivity index (χ0v) is 18.3. The molecular formula is C25H36N2O2. The molecule has 1 heterocycles. The second-order valence-electron chi connectivity index (χ2n) is 7.61. The summed E-state index contributed by atoms with van der Waals surface area (Å²) in [5.74, 6) is 2.99. The second-order valence-corrected chi connectivity index (χ2v) is 7.61. The van der Waals surface area contributed by atoms with Crippen LogP contribution in [0, 0.1) is 5.92 Å². The Hall–Kier alpha value is -2.36. The van der Waals surface area contributed by atoms with Crippen molar-refractivity contribution in [3.63, 3.8) is 0 Å². The van der Waals surface area contributed by atoms with Crippen molar-refractivity contribution >= 4 is 0 Å². The van der Waals surface area contributed by atoms with E-state index in [1.807, 2.05) is 24.3 Å². The minimum atomic E-state index is 0.690. The molecule has 4 heteroatoms. The fourth-order valence-electron chi connectivity index (χ4n) is 2.93. The smallest absolute Gasteiger partial charge is 0.159 e. The maximum absolute atomic E-state index is 5.74. The Bertz CT molecular complexity index is 696. The van der Waals surface area contributed by atoms with E-state index < -0.39 is 0 Å². The van der Waals surface area contributed by atoms with E-state index in [2.05, 4.69) is 36.8 Å². The van der Waals surface area contributed by atoms with Gasteiger partial charge in [0.05, 0.1) is 25.3 Å². The van der Waals surface area contributed by atoms with Crippen LogP contribution in [0.3, 0.4) is 0 Å². The molecule has 0 spiro atoms. The number of benzene rings is 1. The van der Waals surface area contributed by atoms with Crippen molar-refractivity contribution in [1.82, 2.24) is 9.97 Å². The highest BCUT2D eigenvalue weighted by Gasteiger charge is 2.04. The Balaban J connectivity index is 1.75. The molecule has 0 aliphatic rings. The fourth-order valence-corrected chi connectivity index (χ4v) is 2.93. The lowest BCUT2D eigenvalue weighted by Crippen LogP contribution is -2.01. The standard InChI is InChI=1S/C25H36N2O2/c1-4-6-7-8-9-10-17-28-23-15-13-22(14-16-23)25-26-19-24(20-27-25)29-18-11-12-21(3)5-2/h10,13-17,19-21H,4-9,11-12,18H2,1-3H3. The van der Waals surface area contributed by atoms with E-state index in [0.717, 1.165) is 35.8 Å². The molecular weight excluding hydrogens is 360 g/mol. The zero-order chi connectivity index (χ0) is 20.7. The fraction of sp³-hybridized carbons (Fsp3) is 0.520. The first-order chi connectivity index (χ1) is 14.2. The van der Waals surface area contributed by atoms with Crippen LogP contribution in [0.4, 0.5) is 0 Å². The Morgan fingerprint density at radius 3 is 2.38 bits per heavy atom. The molecule has 1 aromatic heterocycles. The molecule has 0 amide bonds. The van der Waals surface area contributed by atoms with E-state index in [1.165, 1.54) is 38.5 Å². The van der Waals surface area contributed by atoms with Crippen LogP contribution in [0.1, 0.15) is 72.1 Å². The Labute approximate surface area is 176 Å². The summed E-state index contributed by atoms with van der Waals surface area (Å²) in [6.07, 6.45) is 17.0. The van der Waals surface area contributed by atoms with Crippen LogP contribution >= 0.6 is 0 Å². The first kappa shape index (κ1) is 22.9. The first-order valence-electron chi connectivity index (χ1n) is 11.1. The summed E-state index contributed by atoms with van der Waals surface area (Å²) in [6.45, 7) is 7.44. The minimum absolute atomic E-state index is 0.690. The van der Waals surface area contributed by atoms with Crippen molar-refractivity contribution in [1.29, 1.82) is 0 Å². The molecule has 0 saturated heterocycles. The predicted molar refractivity (Wildman–Crippen MR) is 120 cm³/mol. The number of hydrogen-bond donors (Lipinski definition) is 0. The quantitative estimate of drug-likeness (QED) is 0.250. The van der Waals surface area contributed by atoms with E-state index in [1.54, 1.807) is 18.7 Å². The van der Waals surface area contributed by atoms with Crippen molar-refractivity contribution in [2.75, 3.05) is 6.61 Å². The topological polar surface area (TPSA) is 44.2 Å². The van der Waals surface area contributed by atoms with E-state index in [4.69, 9.17) is 9.47 Å². The number of ether oxygens (including phenoxy) is 2. The summed E-state index contributed by atoms with van der Waals surface area (Å²) in [4.78, 5) is 8.86. The van der Waals surface area contributed by atoms with Gasteiger partial charge < -0.3 is 9.47 Å². The third-order valence-corrected chi connectivity index (χ3v) is 5.07. The molecule has 2 aromatic rings. The second kappa shape index (κ2) is 13.8. The Morgan fingerprint density at radius 2 is 1.69 bits per heavy atom. The number of rotatable bonds is 14. The van der Waals surface area contributed by atoms with Gasteiger partial charge in [-0.15, -0.1) is 0 Å². The number of allylic oxidation sites excluding steroid dienone is 1. The highest BCUT2D eigenvalue weighted by atomic mass is 16.5. The molecule has 1 aromatic carbocycles. The van der Waals surface area contributed by atoms with Gasteiger partial charge in [0.15, 0.2) is 11.6 Å². The van der Waals surface area contributed by atoms with Crippen molar-refractivity contribution in [3.8, 4) is 22.9 Å². The molecule has 0 fully saturated rings.